The first-order valence-corrected chi connectivity index (χ1v) is 10.5. The number of amides is 2. The molecule has 1 saturated heterocycles. The Hall–Kier alpha value is -2.86. The predicted octanol–water partition coefficient (Wildman–Crippen LogP) is 4.37. The molecule has 2 heterocycles. The van der Waals surface area contributed by atoms with Gasteiger partial charge in [0.1, 0.15) is 0 Å². The number of aromatic nitrogens is 2. The van der Waals surface area contributed by atoms with Crippen molar-refractivity contribution in [2.45, 2.75) is 6.42 Å². The van der Waals surface area contributed by atoms with Crippen LogP contribution in [-0.4, -0.2) is 21.8 Å². The number of para-hydroxylation sites is 1. The summed E-state index contributed by atoms with van der Waals surface area (Å²) < 4.78 is 0.915. The van der Waals surface area contributed by atoms with Crippen LogP contribution in [-0.2, 0) is 9.59 Å². The molecule has 1 aliphatic heterocycles. The van der Waals surface area contributed by atoms with Crippen LogP contribution in [0, 0.1) is 23.7 Å². The molecule has 2 aliphatic carbocycles. The molecule has 1 saturated carbocycles. The van der Waals surface area contributed by atoms with Crippen LogP contribution < -0.4 is 4.90 Å². The zero-order chi connectivity index (χ0) is 19.7. The standard InChI is InChI=1S/C23H16BrN3O2/c24-17-3-1-2-15-11-25-21(26-20(15)17)12-6-8-16(9-7-12)27-22(28)18-13-4-5-14(10-13)19(18)23(27)29/h1-9,11,13-14,18-19H,10H2/t13-,14?,18-,19+/m1/s1. The molecule has 1 aromatic heterocycles. The van der Waals surface area contributed by atoms with Crippen molar-refractivity contribution in [3.05, 3.63) is 65.3 Å². The molecule has 5 nitrogen and oxygen atoms in total. The van der Waals surface area contributed by atoms with Gasteiger partial charge in [0.15, 0.2) is 5.82 Å². The quantitative estimate of drug-likeness (QED) is 0.433. The van der Waals surface area contributed by atoms with Crippen LogP contribution >= 0.6 is 15.9 Å². The van der Waals surface area contributed by atoms with Crippen LogP contribution in [0.3, 0.4) is 0 Å². The van der Waals surface area contributed by atoms with E-state index in [1.54, 1.807) is 6.20 Å². The van der Waals surface area contributed by atoms with E-state index in [0.717, 1.165) is 27.4 Å². The number of allylic oxidation sites excluding steroid dienone is 2. The number of anilines is 1. The highest BCUT2D eigenvalue weighted by Gasteiger charge is 2.59. The number of hydrogen-bond acceptors (Lipinski definition) is 4. The summed E-state index contributed by atoms with van der Waals surface area (Å²) in [5.74, 6) is 0.558. The number of halogens is 1. The molecule has 6 rings (SSSR count). The summed E-state index contributed by atoms with van der Waals surface area (Å²) in [5.41, 5.74) is 2.31. The number of benzene rings is 2. The lowest BCUT2D eigenvalue weighted by Crippen LogP contribution is -2.32. The number of imide groups is 1. The van der Waals surface area contributed by atoms with Gasteiger partial charge in [0, 0.05) is 21.6 Å². The lowest BCUT2D eigenvalue weighted by atomic mass is 9.85. The summed E-state index contributed by atoms with van der Waals surface area (Å²) >= 11 is 3.53. The lowest BCUT2D eigenvalue weighted by Gasteiger charge is -2.17. The monoisotopic (exact) mass is 445 g/mol. The van der Waals surface area contributed by atoms with Gasteiger partial charge in [-0.1, -0.05) is 24.3 Å². The van der Waals surface area contributed by atoms with Gasteiger partial charge in [-0.15, -0.1) is 0 Å². The van der Waals surface area contributed by atoms with Crippen LogP contribution in [0.25, 0.3) is 22.3 Å². The predicted molar refractivity (Wildman–Crippen MR) is 113 cm³/mol. The van der Waals surface area contributed by atoms with Gasteiger partial charge in [-0.3, -0.25) is 14.5 Å². The minimum atomic E-state index is -0.182. The van der Waals surface area contributed by atoms with Crippen molar-refractivity contribution in [1.29, 1.82) is 0 Å². The molecule has 0 N–H and O–H groups in total. The van der Waals surface area contributed by atoms with Gasteiger partial charge in [0.2, 0.25) is 11.8 Å². The molecule has 29 heavy (non-hydrogen) atoms. The van der Waals surface area contributed by atoms with Gasteiger partial charge in [0.25, 0.3) is 0 Å². The Kier molecular flexibility index (Phi) is 3.56. The van der Waals surface area contributed by atoms with Crippen molar-refractivity contribution < 1.29 is 9.59 Å². The van der Waals surface area contributed by atoms with Gasteiger partial charge in [-0.05, 0) is 64.5 Å². The molecule has 2 fully saturated rings. The zero-order valence-electron chi connectivity index (χ0n) is 15.3. The maximum atomic E-state index is 13.0. The fourth-order valence-corrected chi connectivity index (χ4v) is 5.55. The molecule has 3 aromatic rings. The van der Waals surface area contributed by atoms with Crippen LogP contribution in [0.5, 0.6) is 0 Å². The van der Waals surface area contributed by atoms with E-state index in [2.05, 4.69) is 38.0 Å². The van der Waals surface area contributed by atoms with Gasteiger partial charge in [-0.2, -0.15) is 0 Å². The van der Waals surface area contributed by atoms with E-state index in [9.17, 15) is 9.59 Å². The summed E-state index contributed by atoms with van der Waals surface area (Å²) in [6.07, 6.45) is 6.96. The van der Waals surface area contributed by atoms with Crippen molar-refractivity contribution >= 4 is 44.3 Å². The van der Waals surface area contributed by atoms with E-state index in [0.29, 0.717) is 11.5 Å². The first kappa shape index (κ1) is 17.0. The number of nitrogens with zero attached hydrogens (tertiary/aromatic N) is 3. The number of carbonyl (C=O) groups is 2. The van der Waals surface area contributed by atoms with E-state index < -0.39 is 0 Å². The maximum Gasteiger partial charge on any atom is 0.238 e. The first-order chi connectivity index (χ1) is 14.1. The third-order valence-corrected chi connectivity index (χ3v) is 7.06. The topological polar surface area (TPSA) is 63.2 Å². The Morgan fingerprint density at radius 3 is 2.31 bits per heavy atom. The van der Waals surface area contributed by atoms with Crippen molar-refractivity contribution in [2.24, 2.45) is 23.7 Å². The zero-order valence-corrected chi connectivity index (χ0v) is 16.9. The smallest absolute Gasteiger partial charge is 0.238 e. The van der Waals surface area contributed by atoms with Gasteiger partial charge < -0.3 is 0 Å². The Morgan fingerprint density at radius 1 is 0.931 bits per heavy atom. The molecule has 4 atom stereocenters. The highest BCUT2D eigenvalue weighted by molar-refractivity contribution is 9.10. The van der Waals surface area contributed by atoms with Crippen LogP contribution in [0.2, 0.25) is 0 Å². The van der Waals surface area contributed by atoms with E-state index in [1.807, 2.05) is 42.5 Å². The Bertz CT molecular complexity index is 1190. The third kappa shape index (κ3) is 2.38. The van der Waals surface area contributed by atoms with E-state index in [1.165, 1.54) is 4.90 Å². The molecule has 2 bridgehead atoms. The molecular weight excluding hydrogens is 430 g/mol. The van der Waals surface area contributed by atoms with E-state index >= 15 is 0 Å². The van der Waals surface area contributed by atoms with Gasteiger partial charge in [-0.25, -0.2) is 9.97 Å². The second kappa shape index (κ2) is 6.07. The Labute approximate surface area is 175 Å². The second-order valence-electron chi connectivity index (χ2n) is 7.93. The summed E-state index contributed by atoms with van der Waals surface area (Å²) in [7, 11) is 0. The largest absolute Gasteiger partial charge is 0.274 e. The number of carbonyl (C=O) groups excluding carboxylic acids is 2. The molecule has 142 valence electrons. The van der Waals surface area contributed by atoms with Crippen molar-refractivity contribution in [2.75, 3.05) is 4.90 Å². The van der Waals surface area contributed by atoms with Crippen LogP contribution in [0.15, 0.2) is 65.3 Å². The Morgan fingerprint density at radius 2 is 1.62 bits per heavy atom. The highest BCUT2D eigenvalue weighted by Crippen LogP contribution is 2.53. The normalized spacial score (nSPS) is 27.3. The minimum Gasteiger partial charge on any atom is -0.274 e. The molecule has 1 unspecified atom stereocenters. The molecular formula is C23H16BrN3O2. The van der Waals surface area contributed by atoms with Crippen LogP contribution in [0.4, 0.5) is 5.69 Å². The van der Waals surface area contributed by atoms with Crippen molar-refractivity contribution in [1.82, 2.24) is 9.97 Å². The molecule has 2 aromatic carbocycles. The molecule has 2 amide bonds. The van der Waals surface area contributed by atoms with Gasteiger partial charge >= 0.3 is 0 Å². The SMILES string of the molecule is O=C1[C@@H]2[C@@H]3C=CC(C3)[C@@H]2C(=O)N1c1ccc(-c2ncc3cccc(Br)c3n2)cc1. The number of fused-ring (bicyclic) bond motifs is 6. The summed E-state index contributed by atoms with van der Waals surface area (Å²) in [4.78, 5) is 36.4. The van der Waals surface area contributed by atoms with E-state index in [4.69, 9.17) is 0 Å². The summed E-state index contributed by atoms with van der Waals surface area (Å²) in [6, 6.07) is 13.2. The first-order valence-electron chi connectivity index (χ1n) is 9.69. The van der Waals surface area contributed by atoms with E-state index in [-0.39, 0.29) is 35.5 Å². The minimum absolute atomic E-state index is 0.0597. The summed E-state index contributed by atoms with van der Waals surface area (Å²) in [5, 5.41) is 0.961. The maximum absolute atomic E-state index is 13.0. The number of hydrogen-bond donors (Lipinski definition) is 0. The second-order valence-corrected chi connectivity index (χ2v) is 8.78. The molecule has 0 spiro atoms. The average molecular weight is 446 g/mol. The van der Waals surface area contributed by atoms with Crippen molar-refractivity contribution in [3.8, 4) is 11.4 Å². The lowest BCUT2D eigenvalue weighted by molar-refractivity contribution is -0.123. The highest BCUT2D eigenvalue weighted by atomic mass is 79.9. The average Bonchev–Trinajstić information content (AvgIpc) is 3.42. The third-order valence-electron chi connectivity index (χ3n) is 6.42. The Balaban J connectivity index is 1.33. The molecule has 3 aliphatic rings. The van der Waals surface area contributed by atoms with Crippen LogP contribution in [0.1, 0.15) is 6.42 Å². The fraction of sp³-hybridized carbons (Fsp3) is 0.217. The number of rotatable bonds is 2. The molecule has 6 heteroatoms. The fourth-order valence-electron chi connectivity index (χ4n) is 5.08. The molecule has 0 radical (unpaired) electrons. The van der Waals surface area contributed by atoms with Gasteiger partial charge in [0.05, 0.1) is 23.0 Å². The van der Waals surface area contributed by atoms with Crippen molar-refractivity contribution in [3.63, 3.8) is 0 Å². The summed E-state index contributed by atoms with van der Waals surface area (Å²) in [6.45, 7) is 0.